The molecular formula is C15H24N4. The first-order valence-corrected chi connectivity index (χ1v) is 7.61. The summed E-state index contributed by atoms with van der Waals surface area (Å²) < 4.78 is 0. The van der Waals surface area contributed by atoms with Gasteiger partial charge in [0.15, 0.2) is 5.82 Å². The molecule has 3 rings (SSSR count). The van der Waals surface area contributed by atoms with Gasteiger partial charge < -0.3 is 10.2 Å². The van der Waals surface area contributed by atoms with Gasteiger partial charge in [-0.05, 0) is 57.2 Å². The minimum absolute atomic E-state index is 0.764. The Morgan fingerprint density at radius 1 is 1.11 bits per heavy atom. The average Bonchev–Trinajstić information content (AvgIpc) is 2.49. The fourth-order valence-corrected chi connectivity index (χ4v) is 3.37. The molecule has 1 N–H and O–H groups in total. The van der Waals surface area contributed by atoms with Crippen LogP contribution in [-0.2, 0) is 0 Å². The number of nitrogens with one attached hydrogen (secondary N) is 1. The quantitative estimate of drug-likeness (QED) is 0.884. The third-order valence-corrected chi connectivity index (χ3v) is 4.56. The number of hydrogen-bond acceptors (Lipinski definition) is 4. The van der Waals surface area contributed by atoms with E-state index >= 15 is 0 Å². The first-order valence-electron chi connectivity index (χ1n) is 7.61. The van der Waals surface area contributed by atoms with E-state index in [-0.39, 0.29) is 0 Å². The number of hydrogen-bond donors (Lipinski definition) is 1. The molecule has 2 aliphatic rings. The highest BCUT2D eigenvalue weighted by Crippen LogP contribution is 2.27. The minimum Gasteiger partial charge on any atom is -0.355 e. The monoisotopic (exact) mass is 260 g/mol. The summed E-state index contributed by atoms with van der Waals surface area (Å²) in [5, 5.41) is 12.2. The molecule has 0 spiro atoms. The molecule has 2 fully saturated rings. The Morgan fingerprint density at radius 3 is 2.58 bits per heavy atom. The van der Waals surface area contributed by atoms with Gasteiger partial charge in [0, 0.05) is 19.1 Å². The van der Waals surface area contributed by atoms with Crippen molar-refractivity contribution >= 4 is 5.82 Å². The van der Waals surface area contributed by atoms with Crippen LogP contribution in [0.4, 0.5) is 5.82 Å². The second kappa shape index (κ2) is 5.87. The lowest BCUT2D eigenvalue weighted by Crippen LogP contribution is -2.45. The van der Waals surface area contributed by atoms with E-state index in [9.17, 15) is 0 Å². The summed E-state index contributed by atoms with van der Waals surface area (Å²) >= 11 is 0. The summed E-state index contributed by atoms with van der Waals surface area (Å²) in [6.07, 6.45) is 6.70. The third kappa shape index (κ3) is 3.06. The van der Waals surface area contributed by atoms with Crippen LogP contribution in [0.1, 0.15) is 37.8 Å². The SMILES string of the molecule is Cc1ccc(N2CCC(C3CCCCN3)CC2)nn1. The molecule has 1 aromatic rings. The van der Waals surface area contributed by atoms with Gasteiger partial charge in [0.25, 0.3) is 0 Å². The highest BCUT2D eigenvalue weighted by atomic mass is 15.3. The Bertz CT molecular complexity index is 389. The molecule has 0 amide bonds. The Labute approximate surface area is 115 Å². The van der Waals surface area contributed by atoms with Crippen LogP contribution in [0.5, 0.6) is 0 Å². The fourth-order valence-electron chi connectivity index (χ4n) is 3.37. The van der Waals surface area contributed by atoms with Crippen molar-refractivity contribution in [3.63, 3.8) is 0 Å². The van der Waals surface area contributed by atoms with Crippen LogP contribution in [0.3, 0.4) is 0 Å². The van der Waals surface area contributed by atoms with Gasteiger partial charge in [-0.3, -0.25) is 0 Å². The third-order valence-electron chi connectivity index (χ3n) is 4.56. The Kier molecular flexibility index (Phi) is 3.97. The number of rotatable bonds is 2. The molecule has 104 valence electrons. The van der Waals surface area contributed by atoms with Gasteiger partial charge in [0.05, 0.1) is 5.69 Å². The molecule has 0 bridgehead atoms. The molecule has 2 saturated heterocycles. The summed E-state index contributed by atoms with van der Waals surface area (Å²) in [7, 11) is 0. The van der Waals surface area contributed by atoms with E-state index in [1.165, 1.54) is 38.6 Å². The van der Waals surface area contributed by atoms with Gasteiger partial charge in [0.2, 0.25) is 0 Å². The average molecular weight is 260 g/mol. The van der Waals surface area contributed by atoms with Crippen LogP contribution in [0.2, 0.25) is 0 Å². The van der Waals surface area contributed by atoms with Crippen molar-refractivity contribution in [2.45, 2.75) is 45.1 Å². The van der Waals surface area contributed by atoms with E-state index in [0.717, 1.165) is 36.6 Å². The topological polar surface area (TPSA) is 41.0 Å². The second-order valence-electron chi connectivity index (χ2n) is 5.91. The van der Waals surface area contributed by atoms with Crippen molar-refractivity contribution in [2.75, 3.05) is 24.5 Å². The van der Waals surface area contributed by atoms with Crippen LogP contribution in [0.15, 0.2) is 12.1 Å². The van der Waals surface area contributed by atoms with E-state index in [1.54, 1.807) is 0 Å². The number of piperidine rings is 2. The van der Waals surface area contributed by atoms with Crippen LogP contribution in [0, 0.1) is 12.8 Å². The molecule has 1 unspecified atom stereocenters. The second-order valence-corrected chi connectivity index (χ2v) is 5.91. The van der Waals surface area contributed by atoms with Gasteiger partial charge in [-0.15, -0.1) is 5.10 Å². The van der Waals surface area contributed by atoms with Crippen LogP contribution < -0.4 is 10.2 Å². The van der Waals surface area contributed by atoms with E-state index in [1.807, 2.05) is 6.92 Å². The first kappa shape index (κ1) is 12.9. The van der Waals surface area contributed by atoms with E-state index in [2.05, 4.69) is 32.5 Å². The summed E-state index contributed by atoms with van der Waals surface area (Å²) in [4.78, 5) is 2.38. The normalized spacial score (nSPS) is 25.5. The molecule has 3 heterocycles. The smallest absolute Gasteiger partial charge is 0.151 e. The maximum absolute atomic E-state index is 4.30. The molecule has 1 aromatic heterocycles. The lowest BCUT2D eigenvalue weighted by Gasteiger charge is -2.38. The zero-order valence-electron chi connectivity index (χ0n) is 11.8. The summed E-state index contributed by atoms with van der Waals surface area (Å²) in [5.41, 5.74) is 0.991. The van der Waals surface area contributed by atoms with Crippen molar-refractivity contribution < 1.29 is 0 Å². The molecule has 0 aromatic carbocycles. The molecule has 0 radical (unpaired) electrons. The van der Waals surface area contributed by atoms with E-state index in [4.69, 9.17) is 0 Å². The van der Waals surface area contributed by atoms with Crippen molar-refractivity contribution in [1.29, 1.82) is 0 Å². The van der Waals surface area contributed by atoms with Crippen LogP contribution >= 0.6 is 0 Å². The van der Waals surface area contributed by atoms with Gasteiger partial charge in [-0.1, -0.05) is 6.42 Å². The van der Waals surface area contributed by atoms with Crippen molar-refractivity contribution in [3.05, 3.63) is 17.8 Å². The molecule has 4 heteroatoms. The highest BCUT2D eigenvalue weighted by molar-refractivity contribution is 5.37. The van der Waals surface area contributed by atoms with E-state index in [0.29, 0.717) is 0 Å². The summed E-state index contributed by atoms with van der Waals surface area (Å²) in [6.45, 7) is 5.45. The zero-order chi connectivity index (χ0) is 13.1. The largest absolute Gasteiger partial charge is 0.355 e. The molecule has 4 nitrogen and oxygen atoms in total. The maximum atomic E-state index is 4.30. The van der Waals surface area contributed by atoms with Crippen molar-refractivity contribution in [3.8, 4) is 0 Å². The number of aryl methyl sites for hydroxylation is 1. The van der Waals surface area contributed by atoms with Crippen LogP contribution in [-0.4, -0.2) is 35.9 Å². The fraction of sp³-hybridized carbons (Fsp3) is 0.733. The number of anilines is 1. The molecule has 19 heavy (non-hydrogen) atoms. The summed E-state index contributed by atoms with van der Waals surface area (Å²) in [6, 6.07) is 4.92. The van der Waals surface area contributed by atoms with Gasteiger partial charge in [-0.25, -0.2) is 0 Å². The predicted octanol–water partition coefficient (Wildman–Crippen LogP) is 2.14. The van der Waals surface area contributed by atoms with Crippen LogP contribution in [0.25, 0.3) is 0 Å². The Morgan fingerprint density at radius 2 is 1.95 bits per heavy atom. The molecule has 0 aliphatic carbocycles. The Balaban J connectivity index is 1.55. The zero-order valence-corrected chi connectivity index (χ0v) is 11.8. The lowest BCUT2D eigenvalue weighted by molar-refractivity contribution is 0.254. The first-order chi connectivity index (χ1) is 9.33. The van der Waals surface area contributed by atoms with Crippen molar-refractivity contribution in [2.24, 2.45) is 5.92 Å². The number of aromatic nitrogens is 2. The highest BCUT2D eigenvalue weighted by Gasteiger charge is 2.27. The summed E-state index contributed by atoms with van der Waals surface area (Å²) in [5.74, 6) is 1.90. The van der Waals surface area contributed by atoms with Gasteiger partial charge in [0.1, 0.15) is 0 Å². The lowest BCUT2D eigenvalue weighted by atomic mass is 9.85. The molecule has 1 atom stereocenters. The Hall–Kier alpha value is -1.16. The number of nitrogens with zero attached hydrogens (tertiary/aromatic N) is 3. The minimum atomic E-state index is 0.764. The van der Waals surface area contributed by atoms with Gasteiger partial charge >= 0.3 is 0 Å². The van der Waals surface area contributed by atoms with E-state index < -0.39 is 0 Å². The van der Waals surface area contributed by atoms with Gasteiger partial charge in [-0.2, -0.15) is 5.10 Å². The standard InChI is InChI=1S/C15H24N4/c1-12-5-6-15(18-17-12)19-10-7-13(8-11-19)14-4-2-3-9-16-14/h5-6,13-14,16H,2-4,7-11H2,1H3. The maximum Gasteiger partial charge on any atom is 0.151 e. The van der Waals surface area contributed by atoms with Crippen molar-refractivity contribution in [1.82, 2.24) is 15.5 Å². The molecule has 0 saturated carbocycles. The predicted molar refractivity (Wildman–Crippen MR) is 77.3 cm³/mol. The molecular weight excluding hydrogens is 236 g/mol. The molecule has 2 aliphatic heterocycles.